The number of carbonyl (C=O) groups is 1. The molecular weight excluding hydrogens is 332 g/mol. The van der Waals surface area contributed by atoms with E-state index in [1.165, 1.54) is 0 Å². The van der Waals surface area contributed by atoms with Gasteiger partial charge in [0.15, 0.2) is 5.76 Å². The van der Waals surface area contributed by atoms with Crippen LogP contribution in [0.5, 0.6) is 11.5 Å². The molecule has 1 N–H and O–H groups in total. The first-order chi connectivity index (χ1) is 12.7. The van der Waals surface area contributed by atoms with E-state index in [4.69, 9.17) is 14.0 Å². The highest BCUT2D eigenvalue weighted by Gasteiger charge is 2.21. The maximum atomic E-state index is 11.9. The van der Waals surface area contributed by atoms with Gasteiger partial charge in [-0.2, -0.15) is 0 Å². The number of methoxy groups -OCH3 is 2. The molecule has 0 radical (unpaired) electrons. The molecule has 0 saturated heterocycles. The SMILES string of the molecule is CNC(=O)Cc1onc(-c2ccc(OC)cc2)c1-c1ccc(OC)cc1. The first-order valence-corrected chi connectivity index (χ1v) is 8.14. The van der Waals surface area contributed by atoms with E-state index in [0.717, 1.165) is 28.2 Å². The van der Waals surface area contributed by atoms with Crippen LogP contribution in [0.3, 0.4) is 0 Å². The number of amides is 1. The summed E-state index contributed by atoms with van der Waals surface area (Å²) in [4.78, 5) is 11.9. The molecular formula is C20H20N2O4. The molecule has 3 rings (SSSR count). The van der Waals surface area contributed by atoms with Crippen LogP contribution in [0.4, 0.5) is 0 Å². The number of nitrogens with zero attached hydrogens (tertiary/aromatic N) is 1. The molecule has 6 heteroatoms. The van der Waals surface area contributed by atoms with Crippen LogP contribution in [0.15, 0.2) is 53.1 Å². The van der Waals surface area contributed by atoms with Gasteiger partial charge in [0.25, 0.3) is 0 Å². The van der Waals surface area contributed by atoms with E-state index in [-0.39, 0.29) is 12.3 Å². The molecule has 6 nitrogen and oxygen atoms in total. The van der Waals surface area contributed by atoms with E-state index < -0.39 is 0 Å². The second-order valence-electron chi connectivity index (χ2n) is 5.64. The third kappa shape index (κ3) is 3.54. The molecule has 0 aliphatic heterocycles. The molecule has 0 atom stereocenters. The maximum Gasteiger partial charge on any atom is 0.227 e. The Morgan fingerprint density at radius 3 is 2.00 bits per heavy atom. The minimum absolute atomic E-state index is 0.112. The molecule has 0 aliphatic carbocycles. The third-order valence-electron chi connectivity index (χ3n) is 4.10. The summed E-state index contributed by atoms with van der Waals surface area (Å²) in [5.74, 6) is 1.88. The molecule has 1 aromatic heterocycles. The van der Waals surface area contributed by atoms with Gasteiger partial charge in [-0.3, -0.25) is 4.79 Å². The zero-order valence-corrected chi connectivity index (χ0v) is 14.9. The summed E-state index contributed by atoms with van der Waals surface area (Å²) in [5.41, 5.74) is 3.25. The predicted octanol–water partition coefficient (Wildman–Crippen LogP) is 3.31. The molecule has 0 bridgehead atoms. The molecule has 2 aromatic carbocycles. The van der Waals surface area contributed by atoms with Crippen molar-refractivity contribution in [1.82, 2.24) is 10.5 Å². The summed E-state index contributed by atoms with van der Waals surface area (Å²) >= 11 is 0. The second-order valence-corrected chi connectivity index (χ2v) is 5.64. The Balaban J connectivity index is 2.09. The smallest absolute Gasteiger partial charge is 0.227 e. The van der Waals surface area contributed by atoms with Crippen molar-refractivity contribution in [2.24, 2.45) is 0 Å². The lowest BCUT2D eigenvalue weighted by atomic mass is 9.98. The molecule has 0 spiro atoms. The van der Waals surface area contributed by atoms with Crippen molar-refractivity contribution in [2.45, 2.75) is 6.42 Å². The number of aromatic nitrogens is 1. The van der Waals surface area contributed by atoms with E-state index in [1.807, 2.05) is 48.5 Å². The van der Waals surface area contributed by atoms with Crippen LogP contribution in [-0.2, 0) is 11.2 Å². The first-order valence-electron chi connectivity index (χ1n) is 8.14. The lowest BCUT2D eigenvalue weighted by Gasteiger charge is -2.07. The summed E-state index contributed by atoms with van der Waals surface area (Å²) in [5, 5.41) is 6.83. The van der Waals surface area contributed by atoms with Gasteiger partial charge in [-0.05, 0) is 42.0 Å². The summed E-state index contributed by atoms with van der Waals surface area (Å²) in [6.07, 6.45) is 0.112. The highest BCUT2D eigenvalue weighted by Crippen LogP contribution is 2.36. The Labute approximate surface area is 151 Å². The van der Waals surface area contributed by atoms with Gasteiger partial charge in [0.1, 0.15) is 17.2 Å². The molecule has 0 aliphatic rings. The van der Waals surface area contributed by atoms with Crippen LogP contribution >= 0.6 is 0 Å². The van der Waals surface area contributed by atoms with Crippen LogP contribution < -0.4 is 14.8 Å². The van der Waals surface area contributed by atoms with Crippen LogP contribution in [0.1, 0.15) is 5.76 Å². The Morgan fingerprint density at radius 2 is 1.50 bits per heavy atom. The highest BCUT2D eigenvalue weighted by molar-refractivity contribution is 5.86. The Kier molecular flexibility index (Phi) is 5.22. The topological polar surface area (TPSA) is 73.6 Å². The van der Waals surface area contributed by atoms with Gasteiger partial charge in [-0.25, -0.2) is 0 Å². The zero-order chi connectivity index (χ0) is 18.5. The molecule has 26 heavy (non-hydrogen) atoms. The van der Waals surface area contributed by atoms with Crippen molar-refractivity contribution >= 4 is 5.91 Å². The number of hydrogen-bond acceptors (Lipinski definition) is 5. The fourth-order valence-electron chi connectivity index (χ4n) is 2.68. The molecule has 3 aromatic rings. The van der Waals surface area contributed by atoms with Gasteiger partial charge in [0.05, 0.1) is 26.2 Å². The van der Waals surface area contributed by atoms with Crippen molar-refractivity contribution in [3.63, 3.8) is 0 Å². The lowest BCUT2D eigenvalue weighted by Crippen LogP contribution is -2.19. The van der Waals surface area contributed by atoms with E-state index in [1.54, 1.807) is 21.3 Å². The maximum absolute atomic E-state index is 11.9. The van der Waals surface area contributed by atoms with Gasteiger partial charge in [-0.15, -0.1) is 0 Å². The average Bonchev–Trinajstić information content (AvgIpc) is 3.11. The van der Waals surface area contributed by atoms with Gasteiger partial charge >= 0.3 is 0 Å². The predicted molar refractivity (Wildman–Crippen MR) is 98.2 cm³/mol. The number of nitrogens with one attached hydrogen (secondary N) is 1. The molecule has 134 valence electrons. The van der Waals surface area contributed by atoms with Crippen molar-refractivity contribution in [3.05, 3.63) is 54.3 Å². The van der Waals surface area contributed by atoms with Gasteiger partial charge in [-0.1, -0.05) is 17.3 Å². The fourth-order valence-corrected chi connectivity index (χ4v) is 2.68. The van der Waals surface area contributed by atoms with Crippen LogP contribution in [0, 0.1) is 0 Å². The Bertz CT molecular complexity index is 883. The Morgan fingerprint density at radius 1 is 0.962 bits per heavy atom. The quantitative estimate of drug-likeness (QED) is 0.737. The van der Waals surface area contributed by atoms with E-state index in [2.05, 4.69) is 10.5 Å². The molecule has 1 heterocycles. The first kappa shape index (κ1) is 17.5. The van der Waals surface area contributed by atoms with E-state index in [9.17, 15) is 4.79 Å². The van der Waals surface area contributed by atoms with Crippen molar-refractivity contribution < 1.29 is 18.8 Å². The summed E-state index contributed by atoms with van der Waals surface area (Å²) in [6, 6.07) is 15.1. The van der Waals surface area contributed by atoms with Gasteiger partial charge < -0.3 is 19.3 Å². The van der Waals surface area contributed by atoms with Crippen molar-refractivity contribution in [3.8, 4) is 33.9 Å². The van der Waals surface area contributed by atoms with Gasteiger partial charge in [0.2, 0.25) is 5.91 Å². The lowest BCUT2D eigenvalue weighted by molar-refractivity contribution is -0.120. The fraction of sp³-hybridized carbons (Fsp3) is 0.200. The van der Waals surface area contributed by atoms with E-state index in [0.29, 0.717) is 11.5 Å². The van der Waals surface area contributed by atoms with Gasteiger partial charge in [0, 0.05) is 12.6 Å². The number of rotatable bonds is 6. The van der Waals surface area contributed by atoms with Crippen LogP contribution in [-0.4, -0.2) is 32.3 Å². The molecule has 1 amide bonds. The monoisotopic (exact) mass is 352 g/mol. The van der Waals surface area contributed by atoms with Crippen molar-refractivity contribution in [1.29, 1.82) is 0 Å². The summed E-state index contributed by atoms with van der Waals surface area (Å²) in [6.45, 7) is 0. The number of likely N-dealkylation sites (N-methyl/N-ethyl adjacent to an activating group) is 1. The number of ether oxygens (including phenoxy) is 2. The molecule has 0 unspecified atom stereocenters. The third-order valence-corrected chi connectivity index (χ3v) is 4.10. The number of hydrogen-bond donors (Lipinski definition) is 1. The van der Waals surface area contributed by atoms with Crippen molar-refractivity contribution in [2.75, 3.05) is 21.3 Å². The largest absolute Gasteiger partial charge is 0.497 e. The minimum Gasteiger partial charge on any atom is -0.497 e. The van der Waals surface area contributed by atoms with E-state index >= 15 is 0 Å². The Hall–Kier alpha value is -3.28. The number of benzene rings is 2. The standard InChI is InChI=1S/C20H20N2O4/c1-21-18(23)12-17-19(13-4-8-15(24-2)9-5-13)20(22-26-17)14-6-10-16(25-3)11-7-14/h4-11H,12H2,1-3H3,(H,21,23). The normalized spacial score (nSPS) is 10.4. The number of carbonyl (C=O) groups excluding carboxylic acids is 1. The van der Waals surface area contributed by atoms with Crippen LogP contribution in [0.25, 0.3) is 22.4 Å². The second kappa shape index (κ2) is 7.74. The summed E-state index contributed by atoms with van der Waals surface area (Å²) < 4.78 is 15.9. The van der Waals surface area contributed by atoms with Crippen LogP contribution in [0.2, 0.25) is 0 Å². The average molecular weight is 352 g/mol. The zero-order valence-electron chi connectivity index (χ0n) is 14.9. The molecule has 0 saturated carbocycles. The summed E-state index contributed by atoms with van der Waals surface area (Å²) in [7, 11) is 4.83. The molecule has 0 fully saturated rings. The minimum atomic E-state index is -0.141. The highest BCUT2D eigenvalue weighted by atomic mass is 16.5.